The first-order valence-corrected chi connectivity index (χ1v) is 6.73. The summed E-state index contributed by atoms with van der Waals surface area (Å²) in [4.78, 5) is 13.8. The first-order valence-electron chi connectivity index (χ1n) is 6.73. The summed E-state index contributed by atoms with van der Waals surface area (Å²) >= 11 is 0. The van der Waals surface area contributed by atoms with Crippen molar-refractivity contribution in [3.05, 3.63) is 0 Å². The molecular weight excluding hydrogens is 218 g/mol. The Labute approximate surface area is 102 Å². The Morgan fingerprint density at radius 1 is 1.35 bits per heavy atom. The number of nitrogens with zero attached hydrogens (tertiary/aromatic N) is 1. The molecule has 0 amide bonds. The molecule has 3 rings (SSSR count). The molecule has 1 saturated carbocycles. The summed E-state index contributed by atoms with van der Waals surface area (Å²) in [6, 6.07) is 0.543. The second kappa shape index (κ2) is 4.67. The minimum atomic E-state index is -0.246. The molecule has 4 nitrogen and oxygen atoms in total. The van der Waals surface area contributed by atoms with Gasteiger partial charge in [0.1, 0.15) is 6.29 Å². The maximum Gasteiger partial charge on any atom is 0.129 e. The van der Waals surface area contributed by atoms with Crippen molar-refractivity contribution in [1.29, 1.82) is 0 Å². The van der Waals surface area contributed by atoms with Crippen molar-refractivity contribution in [3.63, 3.8) is 0 Å². The molecule has 1 aliphatic carbocycles. The minimum Gasteiger partial charge on any atom is -0.380 e. The molecule has 3 atom stereocenters. The maximum absolute atomic E-state index is 11.4. The number of aldehydes is 1. The highest BCUT2D eigenvalue weighted by Gasteiger charge is 2.42. The number of ether oxygens (including phenoxy) is 2. The second-order valence-corrected chi connectivity index (χ2v) is 5.66. The maximum atomic E-state index is 11.4. The molecule has 2 heterocycles. The molecule has 2 aliphatic heterocycles. The number of morpholine rings is 1. The normalized spacial score (nSPS) is 42.6. The van der Waals surface area contributed by atoms with Crippen LogP contribution in [0.25, 0.3) is 0 Å². The summed E-state index contributed by atoms with van der Waals surface area (Å²) in [5.74, 6) is 0. The topological polar surface area (TPSA) is 38.8 Å². The van der Waals surface area contributed by atoms with E-state index < -0.39 is 0 Å². The summed E-state index contributed by atoms with van der Waals surface area (Å²) < 4.78 is 11.2. The van der Waals surface area contributed by atoms with Gasteiger partial charge in [-0.1, -0.05) is 0 Å². The molecule has 0 aromatic carbocycles. The summed E-state index contributed by atoms with van der Waals surface area (Å²) in [5.41, 5.74) is -0.246. The zero-order chi connectivity index (χ0) is 11.7. The lowest BCUT2D eigenvalue weighted by molar-refractivity contribution is -0.120. The molecule has 0 radical (unpaired) electrons. The van der Waals surface area contributed by atoms with Gasteiger partial charge in [-0.15, -0.1) is 0 Å². The predicted octanol–water partition coefficient (Wildman–Crippen LogP) is 0.845. The van der Waals surface area contributed by atoms with E-state index in [-0.39, 0.29) is 5.41 Å². The lowest BCUT2D eigenvalue weighted by Crippen LogP contribution is -2.52. The highest BCUT2D eigenvalue weighted by Crippen LogP contribution is 2.34. The Kier molecular flexibility index (Phi) is 3.19. The van der Waals surface area contributed by atoms with E-state index in [9.17, 15) is 4.79 Å². The monoisotopic (exact) mass is 239 g/mol. The van der Waals surface area contributed by atoms with Gasteiger partial charge in [0.15, 0.2) is 0 Å². The van der Waals surface area contributed by atoms with Crippen molar-refractivity contribution in [2.45, 2.75) is 37.8 Å². The van der Waals surface area contributed by atoms with Crippen molar-refractivity contribution in [2.75, 3.05) is 32.9 Å². The van der Waals surface area contributed by atoms with Gasteiger partial charge in [0, 0.05) is 25.7 Å². The quantitative estimate of drug-likeness (QED) is 0.684. The van der Waals surface area contributed by atoms with Gasteiger partial charge >= 0.3 is 0 Å². The second-order valence-electron chi connectivity index (χ2n) is 5.66. The molecule has 3 unspecified atom stereocenters. The minimum absolute atomic E-state index is 0.246. The van der Waals surface area contributed by atoms with Crippen molar-refractivity contribution in [3.8, 4) is 0 Å². The lowest BCUT2D eigenvalue weighted by atomic mass is 9.87. The Morgan fingerprint density at radius 3 is 3.06 bits per heavy atom. The van der Waals surface area contributed by atoms with Crippen LogP contribution in [-0.4, -0.2) is 56.2 Å². The molecule has 4 heteroatoms. The van der Waals surface area contributed by atoms with Crippen LogP contribution in [0.2, 0.25) is 0 Å². The molecule has 0 spiro atoms. The number of rotatable bonds is 3. The summed E-state index contributed by atoms with van der Waals surface area (Å²) in [6.07, 6.45) is 6.09. The molecule has 3 aliphatic rings. The van der Waals surface area contributed by atoms with Crippen molar-refractivity contribution in [2.24, 2.45) is 5.41 Å². The molecule has 2 saturated heterocycles. The predicted molar refractivity (Wildman–Crippen MR) is 62.9 cm³/mol. The van der Waals surface area contributed by atoms with E-state index in [1.165, 1.54) is 19.3 Å². The summed E-state index contributed by atoms with van der Waals surface area (Å²) in [7, 11) is 0. The van der Waals surface area contributed by atoms with Crippen LogP contribution in [0.5, 0.6) is 0 Å². The van der Waals surface area contributed by atoms with E-state index >= 15 is 0 Å². The number of hydrogen-bond donors (Lipinski definition) is 0. The Morgan fingerprint density at radius 2 is 2.29 bits per heavy atom. The number of carbonyl (C=O) groups is 1. The molecule has 3 fully saturated rings. The van der Waals surface area contributed by atoms with E-state index in [2.05, 4.69) is 4.90 Å². The molecule has 96 valence electrons. The molecule has 0 aromatic rings. The smallest absolute Gasteiger partial charge is 0.129 e. The van der Waals surface area contributed by atoms with Crippen molar-refractivity contribution < 1.29 is 14.3 Å². The van der Waals surface area contributed by atoms with Crippen molar-refractivity contribution >= 4 is 6.29 Å². The van der Waals surface area contributed by atoms with Crippen LogP contribution in [0.15, 0.2) is 0 Å². The summed E-state index contributed by atoms with van der Waals surface area (Å²) in [6.45, 7) is 3.98. The molecule has 0 N–H and O–H groups in total. The fourth-order valence-corrected chi connectivity index (χ4v) is 3.48. The third-order valence-electron chi connectivity index (χ3n) is 4.50. The first-order chi connectivity index (χ1) is 8.33. The SMILES string of the molecule is O=CC1(CN2CCOC3CCCC32)CCOC1. The van der Waals surface area contributed by atoms with Gasteiger partial charge in [-0.3, -0.25) is 4.90 Å². The third-order valence-corrected chi connectivity index (χ3v) is 4.50. The van der Waals surface area contributed by atoms with Gasteiger partial charge in [-0.2, -0.15) is 0 Å². The molecular formula is C13H21NO3. The zero-order valence-corrected chi connectivity index (χ0v) is 10.3. The fourth-order valence-electron chi connectivity index (χ4n) is 3.48. The van der Waals surface area contributed by atoms with Crippen LogP contribution in [0, 0.1) is 5.41 Å². The van der Waals surface area contributed by atoms with E-state index in [1.54, 1.807) is 0 Å². The van der Waals surface area contributed by atoms with Crippen LogP contribution >= 0.6 is 0 Å². The number of fused-ring (bicyclic) bond motifs is 1. The molecule has 0 bridgehead atoms. The van der Waals surface area contributed by atoms with E-state index in [4.69, 9.17) is 9.47 Å². The van der Waals surface area contributed by atoms with Crippen LogP contribution < -0.4 is 0 Å². The highest BCUT2D eigenvalue weighted by atomic mass is 16.5. The average molecular weight is 239 g/mol. The van der Waals surface area contributed by atoms with E-state index in [0.29, 0.717) is 18.8 Å². The van der Waals surface area contributed by atoms with Gasteiger partial charge in [0.25, 0.3) is 0 Å². The zero-order valence-electron chi connectivity index (χ0n) is 10.3. The van der Waals surface area contributed by atoms with Gasteiger partial charge < -0.3 is 14.3 Å². The first kappa shape index (κ1) is 11.6. The lowest BCUT2D eigenvalue weighted by Gasteiger charge is -2.40. The van der Waals surface area contributed by atoms with Gasteiger partial charge in [-0.25, -0.2) is 0 Å². The van der Waals surface area contributed by atoms with Crippen LogP contribution in [-0.2, 0) is 14.3 Å². The third kappa shape index (κ3) is 2.14. The van der Waals surface area contributed by atoms with E-state index in [1.807, 2.05) is 0 Å². The van der Waals surface area contributed by atoms with E-state index in [0.717, 1.165) is 39.0 Å². The Bertz CT molecular complexity index is 288. The standard InChI is InChI=1S/C13H21NO3/c15-9-13(4-6-16-10-13)8-14-5-7-17-12-3-1-2-11(12)14/h9,11-12H,1-8,10H2. The summed E-state index contributed by atoms with van der Waals surface area (Å²) in [5, 5.41) is 0. The highest BCUT2D eigenvalue weighted by molar-refractivity contribution is 5.60. The average Bonchev–Trinajstić information content (AvgIpc) is 2.98. The Hall–Kier alpha value is -0.450. The van der Waals surface area contributed by atoms with Crippen molar-refractivity contribution in [1.82, 2.24) is 4.90 Å². The molecule has 17 heavy (non-hydrogen) atoms. The fraction of sp³-hybridized carbons (Fsp3) is 0.923. The number of hydrogen-bond acceptors (Lipinski definition) is 4. The molecule has 0 aromatic heterocycles. The van der Waals surface area contributed by atoms with Gasteiger partial charge in [0.05, 0.1) is 24.7 Å². The largest absolute Gasteiger partial charge is 0.380 e. The van der Waals surface area contributed by atoms with Gasteiger partial charge in [0.2, 0.25) is 0 Å². The number of carbonyl (C=O) groups excluding carboxylic acids is 1. The van der Waals surface area contributed by atoms with Crippen LogP contribution in [0.4, 0.5) is 0 Å². The van der Waals surface area contributed by atoms with Crippen LogP contribution in [0.3, 0.4) is 0 Å². The van der Waals surface area contributed by atoms with Gasteiger partial charge in [-0.05, 0) is 25.7 Å². The Balaban J connectivity index is 1.68. The van der Waals surface area contributed by atoms with Crippen LogP contribution in [0.1, 0.15) is 25.7 Å².